The van der Waals surface area contributed by atoms with E-state index < -0.39 is 11.2 Å². The summed E-state index contributed by atoms with van der Waals surface area (Å²) in [6, 6.07) is 17.5. The molecule has 3 atom stereocenters. The van der Waals surface area contributed by atoms with E-state index in [-0.39, 0.29) is 0 Å². The Morgan fingerprint density at radius 2 is 1.64 bits per heavy atom. The van der Waals surface area contributed by atoms with Gasteiger partial charge in [-0.25, -0.2) is 0 Å². The van der Waals surface area contributed by atoms with Crippen LogP contribution in [0.4, 0.5) is 0 Å². The lowest BCUT2D eigenvalue weighted by Gasteiger charge is -2.41. The predicted molar refractivity (Wildman–Crippen MR) is 138 cm³/mol. The van der Waals surface area contributed by atoms with Gasteiger partial charge in [-0.05, 0) is 73.8 Å². The van der Waals surface area contributed by atoms with E-state index in [1.54, 1.807) is 21.3 Å². The van der Waals surface area contributed by atoms with Gasteiger partial charge in [0.15, 0.2) is 0 Å². The van der Waals surface area contributed by atoms with Gasteiger partial charge in [0.05, 0.1) is 11.2 Å². The van der Waals surface area contributed by atoms with E-state index >= 15 is 0 Å². The molecule has 0 bridgehead atoms. The molecule has 0 aromatic heterocycles. The molecule has 0 heterocycles. The van der Waals surface area contributed by atoms with E-state index in [4.69, 9.17) is 4.65 Å². The lowest BCUT2D eigenvalue weighted by molar-refractivity contribution is -0.0893. The van der Waals surface area contributed by atoms with Crippen molar-refractivity contribution >= 4 is 24.1 Å². The summed E-state index contributed by atoms with van der Waals surface area (Å²) in [5.74, 6) is 1.46. The molecule has 1 radical (unpaired) electrons. The summed E-state index contributed by atoms with van der Waals surface area (Å²) in [7, 11) is 1.75. The summed E-state index contributed by atoms with van der Waals surface area (Å²) < 4.78 is 5.92. The molecule has 33 heavy (non-hydrogen) atoms. The minimum absolute atomic E-state index is 0.459. The van der Waals surface area contributed by atoms with Crippen LogP contribution in [0.15, 0.2) is 85.0 Å². The van der Waals surface area contributed by atoms with Crippen LogP contribution in [-0.4, -0.2) is 23.8 Å². The van der Waals surface area contributed by atoms with Crippen LogP contribution in [0.2, 0.25) is 0 Å². The molecule has 0 fully saturated rings. The maximum absolute atomic E-state index is 10.3. The van der Waals surface area contributed by atoms with E-state index in [1.165, 1.54) is 27.8 Å². The zero-order chi connectivity index (χ0) is 23.2. The van der Waals surface area contributed by atoms with Crippen LogP contribution in [0.1, 0.15) is 56.7 Å². The van der Waals surface area contributed by atoms with Crippen LogP contribution < -0.4 is 5.46 Å². The van der Waals surface area contributed by atoms with Gasteiger partial charge in [-0.1, -0.05) is 90.4 Å². The van der Waals surface area contributed by atoms with Crippen molar-refractivity contribution in [3.8, 4) is 0 Å². The molecule has 5 rings (SSSR count). The molecular weight excluding hydrogens is 403 g/mol. The van der Waals surface area contributed by atoms with Crippen LogP contribution >= 0.6 is 0 Å². The van der Waals surface area contributed by atoms with Crippen molar-refractivity contribution in [2.75, 3.05) is 0 Å². The van der Waals surface area contributed by atoms with E-state index in [0.29, 0.717) is 17.8 Å². The molecule has 167 valence electrons. The second-order valence-corrected chi connectivity index (χ2v) is 10.5. The highest BCUT2D eigenvalue weighted by Gasteiger charge is 2.39. The van der Waals surface area contributed by atoms with Crippen molar-refractivity contribution in [3.63, 3.8) is 0 Å². The average Bonchev–Trinajstić information content (AvgIpc) is 2.82. The largest absolute Gasteiger partial charge is 0.427 e. The number of hydrogen-bond donors (Lipinski definition) is 1. The molecule has 0 saturated heterocycles. The van der Waals surface area contributed by atoms with Crippen LogP contribution in [-0.2, 0) is 4.65 Å². The summed E-state index contributed by atoms with van der Waals surface area (Å²) >= 11 is 0. The highest BCUT2D eigenvalue weighted by Crippen LogP contribution is 2.52. The molecule has 1 N–H and O–H groups in total. The van der Waals surface area contributed by atoms with Gasteiger partial charge in [0.25, 0.3) is 0 Å². The lowest BCUT2D eigenvalue weighted by Crippen LogP contribution is -2.49. The van der Waals surface area contributed by atoms with Gasteiger partial charge in [-0.15, -0.1) is 0 Å². The van der Waals surface area contributed by atoms with Crippen molar-refractivity contribution in [2.24, 2.45) is 11.8 Å². The van der Waals surface area contributed by atoms with E-state index in [9.17, 15) is 5.11 Å². The fourth-order valence-electron chi connectivity index (χ4n) is 5.08. The summed E-state index contributed by atoms with van der Waals surface area (Å²) in [5.41, 5.74) is 6.38. The fraction of sp³-hybridized carbons (Fsp3) is 0.333. The standard InChI is InChI=1S/C30H32BO2/c1-29(2,32)30(3,4)33-31-22-16-13-20(14-17-22)21-15-18-27-25-11-6-5-9-23(25)24-10-7-8-12-26(24)28(27)19-21/h5-18,24,26,28,32H,19H2,1-4H3. The molecule has 3 aliphatic rings. The van der Waals surface area contributed by atoms with E-state index in [0.717, 1.165) is 11.9 Å². The highest BCUT2D eigenvalue weighted by molar-refractivity contribution is 6.47. The van der Waals surface area contributed by atoms with Gasteiger partial charge in [-0.2, -0.15) is 0 Å². The first-order valence-corrected chi connectivity index (χ1v) is 11.9. The minimum Gasteiger partial charge on any atom is -0.427 e. The fourth-order valence-corrected chi connectivity index (χ4v) is 5.08. The number of hydrogen-bond acceptors (Lipinski definition) is 2. The van der Waals surface area contributed by atoms with Gasteiger partial charge in [0, 0.05) is 5.92 Å². The quantitative estimate of drug-likeness (QED) is 0.600. The van der Waals surface area contributed by atoms with Crippen LogP contribution in [0.5, 0.6) is 0 Å². The van der Waals surface area contributed by atoms with E-state index in [1.807, 2.05) is 13.8 Å². The number of benzene rings is 2. The van der Waals surface area contributed by atoms with Crippen LogP contribution in [0, 0.1) is 11.8 Å². The third kappa shape index (κ3) is 4.09. The minimum atomic E-state index is -0.931. The Hall–Kier alpha value is -2.62. The monoisotopic (exact) mass is 435 g/mol. The number of aliphatic hydroxyl groups is 1. The first kappa shape index (κ1) is 22.2. The zero-order valence-corrected chi connectivity index (χ0v) is 20.0. The Balaban J connectivity index is 1.38. The van der Waals surface area contributed by atoms with Crippen molar-refractivity contribution in [2.45, 2.75) is 51.2 Å². The van der Waals surface area contributed by atoms with Gasteiger partial charge in [-0.3, -0.25) is 0 Å². The number of allylic oxidation sites excluding steroid dienone is 8. The van der Waals surface area contributed by atoms with Crippen molar-refractivity contribution in [1.82, 2.24) is 0 Å². The lowest BCUT2D eigenvalue weighted by atomic mass is 9.62. The topological polar surface area (TPSA) is 29.5 Å². The Morgan fingerprint density at radius 3 is 2.39 bits per heavy atom. The Morgan fingerprint density at radius 1 is 0.909 bits per heavy atom. The van der Waals surface area contributed by atoms with Crippen molar-refractivity contribution in [1.29, 1.82) is 0 Å². The van der Waals surface area contributed by atoms with Crippen LogP contribution in [0.3, 0.4) is 0 Å². The molecule has 0 saturated carbocycles. The van der Waals surface area contributed by atoms with Gasteiger partial charge >= 0.3 is 7.48 Å². The summed E-state index contributed by atoms with van der Waals surface area (Å²) in [6.45, 7) is 7.35. The molecular formula is C30H32BO2. The molecule has 3 aliphatic carbocycles. The maximum Gasteiger partial charge on any atom is 0.330 e. The van der Waals surface area contributed by atoms with Gasteiger partial charge in [0.1, 0.15) is 0 Å². The van der Waals surface area contributed by atoms with Gasteiger partial charge < -0.3 is 9.76 Å². The molecule has 0 aliphatic heterocycles. The highest BCUT2D eigenvalue weighted by atomic mass is 16.5. The van der Waals surface area contributed by atoms with Crippen molar-refractivity contribution < 1.29 is 9.76 Å². The summed E-state index contributed by atoms with van der Waals surface area (Å²) in [4.78, 5) is 0. The first-order valence-electron chi connectivity index (χ1n) is 11.9. The third-order valence-electron chi connectivity index (χ3n) is 7.82. The zero-order valence-electron chi connectivity index (χ0n) is 20.0. The van der Waals surface area contributed by atoms with Crippen molar-refractivity contribution in [3.05, 3.63) is 102 Å². The Kier molecular flexibility index (Phi) is 5.59. The third-order valence-corrected chi connectivity index (χ3v) is 7.82. The Bertz CT molecular complexity index is 1160. The smallest absolute Gasteiger partial charge is 0.330 e. The number of rotatable bonds is 5. The summed E-state index contributed by atoms with van der Waals surface area (Å²) in [5, 5.41) is 10.3. The number of fused-ring (bicyclic) bond motifs is 6. The second kappa shape index (κ2) is 8.31. The Labute approximate surface area is 198 Å². The molecule has 0 spiro atoms. The first-order chi connectivity index (χ1) is 15.7. The molecule has 2 aromatic rings. The van der Waals surface area contributed by atoms with E-state index in [2.05, 4.69) is 85.0 Å². The molecule has 3 heteroatoms. The normalized spacial score (nSPS) is 23.7. The second-order valence-electron chi connectivity index (χ2n) is 10.5. The molecule has 2 aromatic carbocycles. The SMILES string of the molecule is CC(C)(O)C(C)(C)O[B]c1ccc(C2=CC=C3c4ccccc4C4C=CC=CC4C3C2)cc1. The molecule has 2 nitrogen and oxygen atoms in total. The molecule has 3 unspecified atom stereocenters. The maximum atomic E-state index is 10.3. The molecule has 0 amide bonds. The van der Waals surface area contributed by atoms with Crippen LogP contribution in [0.25, 0.3) is 11.1 Å². The average molecular weight is 435 g/mol. The summed E-state index contributed by atoms with van der Waals surface area (Å²) in [6.07, 6.45) is 14.9. The van der Waals surface area contributed by atoms with Gasteiger partial charge in [0.2, 0.25) is 0 Å². The predicted octanol–water partition coefficient (Wildman–Crippen LogP) is 5.82.